The molecule has 1 aliphatic rings. The highest BCUT2D eigenvalue weighted by Gasteiger charge is 2.33. The molecule has 1 N–H and O–H groups in total. The van der Waals surface area contributed by atoms with Crippen LogP contribution in [0.15, 0.2) is 48.5 Å². The average Bonchev–Trinajstić information content (AvgIpc) is 3.08. The number of carbonyl (C=O) groups excluding carboxylic acids is 2. The van der Waals surface area contributed by atoms with Crippen molar-refractivity contribution >= 4 is 35.0 Å². The molecule has 0 heterocycles. The first kappa shape index (κ1) is 24.4. The van der Waals surface area contributed by atoms with E-state index in [0.717, 1.165) is 31.2 Å². The van der Waals surface area contributed by atoms with Gasteiger partial charge in [-0.1, -0.05) is 67.6 Å². The van der Waals surface area contributed by atoms with E-state index < -0.39 is 6.04 Å². The molecule has 2 aromatic carbocycles. The molecule has 3 rings (SSSR count). The van der Waals surface area contributed by atoms with Gasteiger partial charge in [-0.25, -0.2) is 0 Å². The molecule has 0 spiro atoms. The van der Waals surface area contributed by atoms with Gasteiger partial charge in [-0.05, 0) is 36.6 Å². The molecule has 1 saturated carbocycles. The highest BCUT2D eigenvalue weighted by Crippen LogP contribution is 2.29. The van der Waals surface area contributed by atoms with Crippen LogP contribution in [0.25, 0.3) is 0 Å². The Balaban J connectivity index is 1.96. The van der Waals surface area contributed by atoms with Gasteiger partial charge in [0.25, 0.3) is 0 Å². The molecule has 0 bridgehead atoms. The van der Waals surface area contributed by atoms with Gasteiger partial charge in [-0.3, -0.25) is 9.59 Å². The molecule has 1 atom stereocenters. The summed E-state index contributed by atoms with van der Waals surface area (Å²) >= 11 is 12.1. The lowest BCUT2D eigenvalue weighted by Gasteiger charge is -2.32. The second-order valence-corrected chi connectivity index (χ2v) is 8.82. The number of carbonyl (C=O) groups is 2. The maximum atomic E-state index is 13.6. The first-order chi connectivity index (χ1) is 15.5. The first-order valence-electron chi connectivity index (χ1n) is 11.1. The zero-order valence-electron chi connectivity index (χ0n) is 18.4. The molecular weight excluding hydrogens is 447 g/mol. The van der Waals surface area contributed by atoms with Crippen LogP contribution in [0.5, 0.6) is 5.75 Å². The highest BCUT2D eigenvalue weighted by atomic mass is 35.5. The van der Waals surface area contributed by atoms with E-state index in [4.69, 9.17) is 27.9 Å². The second-order valence-electron chi connectivity index (χ2n) is 8.12. The molecule has 2 amide bonds. The summed E-state index contributed by atoms with van der Waals surface area (Å²) in [5.74, 6) is -0.101. The fraction of sp³-hybridized carbons (Fsp3) is 0.440. The van der Waals surface area contributed by atoms with Gasteiger partial charge in [0.15, 0.2) is 0 Å². The molecule has 0 aliphatic heterocycles. The average molecular weight is 477 g/mol. The van der Waals surface area contributed by atoms with Crippen LogP contribution in [-0.2, 0) is 16.1 Å². The lowest BCUT2D eigenvalue weighted by molar-refractivity contribution is -0.140. The number of ether oxygens (including phenoxy) is 1. The van der Waals surface area contributed by atoms with E-state index in [1.165, 1.54) is 17.7 Å². The van der Waals surface area contributed by atoms with Crippen LogP contribution < -0.4 is 10.1 Å². The third kappa shape index (κ3) is 6.39. The van der Waals surface area contributed by atoms with Gasteiger partial charge < -0.3 is 15.0 Å². The zero-order chi connectivity index (χ0) is 22.9. The van der Waals surface area contributed by atoms with E-state index in [1.54, 1.807) is 31.4 Å². The maximum absolute atomic E-state index is 13.6. The van der Waals surface area contributed by atoms with Crippen molar-refractivity contribution in [3.05, 3.63) is 64.7 Å². The molecule has 1 aliphatic carbocycles. The number of nitrogens with zero attached hydrogens (tertiary/aromatic N) is 1. The summed E-state index contributed by atoms with van der Waals surface area (Å²) in [7, 11) is 1.59. The maximum Gasteiger partial charge on any atom is 0.247 e. The van der Waals surface area contributed by atoms with E-state index in [-0.39, 0.29) is 30.3 Å². The number of rotatable bonds is 8. The number of hydrogen-bond acceptors (Lipinski definition) is 3. The standard InChI is InChI=1S/C25H30Cl2N2O3/c1-32-22-11-7-6-8-19(22)17-29(23(30)16-26)24(18-12-14-20(27)15-13-18)25(31)28-21-9-4-2-3-5-10-21/h6-8,11-15,21,24H,2-5,9-10,16-17H2,1H3,(H,28,31)/t24-/m1/s1. The van der Waals surface area contributed by atoms with Gasteiger partial charge in [0.1, 0.15) is 17.7 Å². The van der Waals surface area contributed by atoms with Crippen molar-refractivity contribution in [2.75, 3.05) is 13.0 Å². The minimum atomic E-state index is -0.827. The lowest BCUT2D eigenvalue weighted by atomic mass is 10.0. The Morgan fingerprint density at radius 2 is 1.72 bits per heavy atom. The Morgan fingerprint density at radius 1 is 1.06 bits per heavy atom. The third-order valence-electron chi connectivity index (χ3n) is 5.92. The monoisotopic (exact) mass is 476 g/mol. The van der Waals surface area contributed by atoms with Gasteiger partial charge in [0.05, 0.1) is 13.7 Å². The molecule has 0 unspecified atom stereocenters. The van der Waals surface area contributed by atoms with Gasteiger partial charge in [0.2, 0.25) is 11.8 Å². The number of hydrogen-bond donors (Lipinski definition) is 1. The van der Waals surface area contributed by atoms with Crippen molar-refractivity contribution in [1.82, 2.24) is 10.2 Å². The van der Waals surface area contributed by atoms with Gasteiger partial charge in [-0.2, -0.15) is 0 Å². The number of halogens is 2. The highest BCUT2D eigenvalue weighted by molar-refractivity contribution is 6.30. The number of benzene rings is 2. The molecule has 0 saturated heterocycles. The molecule has 172 valence electrons. The van der Waals surface area contributed by atoms with Crippen molar-refractivity contribution in [2.45, 2.75) is 57.2 Å². The number of methoxy groups -OCH3 is 1. The summed E-state index contributed by atoms with van der Waals surface area (Å²) in [5, 5.41) is 3.77. The predicted molar refractivity (Wildman–Crippen MR) is 128 cm³/mol. The third-order valence-corrected chi connectivity index (χ3v) is 6.40. The Kier molecular flexibility index (Phi) is 9.24. The quantitative estimate of drug-likeness (QED) is 0.404. The lowest BCUT2D eigenvalue weighted by Crippen LogP contribution is -2.46. The number of amides is 2. The topological polar surface area (TPSA) is 58.6 Å². The summed E-state index contributed by atoms with van der Waals surface area (Å²) in [6.07, 6.45) is 6.49. The summed E-state index contributed by atoms with van der Waals surface area (Å²) in [5.41, 5.74) is 1.49. The fourth-order valence-corrected chi connectivity index (χ4v) is 4.52. The predicted octanol–water partition coefficient (Wildman–Crippen LogP) is 5.50. The zero-order valence-corrected chi connectivity index (χ0v) is 19.9. The molecule has 0 radical (unpaired) electrons. The smallest absolute Gasteiger partial charge is 0.247 e. The normalized spacial score (nSPS) is 15.5. The van der Waals surface area contributed by atoms with Crippen molar-refractivity contribution in [1.29, 1.82) is 0 Å². The Hall–Kier alpha value is -2.24. The second kappa shape index (κ2) is 12.1. The first-order valence-corrected chi connectivity index (χ1v) is 12.0. The molecular formula is C25H30Cl2N2O3. The number of alkyl halides is 1. The van der Waals surface area contributed by atoms with E-state index >= 15 is 0 Å². The summed E-state index contributed by atoms with van der Waals surface area (Å²) < 4.78 is 5.47. The van der Waals surface area contributed by atoms with Gasteiger partial charge in [0, 0.05) is 16.6 Å². The van der Waals surface area contributed by atoms with Crippen LogP contribution in [0.2, 0.25) is 5.02 Å². The van der Waals surface area contributed by atoms with Crippen LogP contribution >= 0.6 is 23.2 Å². The van der Waals surface area contributed by atoms with E-state index in [1.807, 2.05) is 24.3 Å². The number of para-hydroxylation sites is 1. The largest absolute Gasteiger partial charge is 0.496 e. The van der Waals surface area contributed by atoms with Crippen molar-refractivity contribution in [2.24, 2.45) is 0 Å². The van der Waals surface area contributed by atoms with Gasteiger partial charge in [-0.15, -0.1) is 11.6 Å². The molecule has 1 fully saturated rings. The minimum Gasteiger partial charge on any atom is -0.496 e. The van der Waals surface area contributed by atoms with Crippen LogP contribution in [0.4, 0.5) is 0 Å². The SMILES string of the molecule is COc1ccccc1CN(C(=O)CCl)[C@@H](C(=O)NC1CCCCCC1)c1ccc(Cl)cc1. The Bertz CT molecular complexity index is 896. The summed E-state index contributed by atoms with van der Waals surface area (Å²) in [6.45, 7) is 0.195. The van der Waals surface area contributed by atoms with Crippen LogP contribution in [0, 0.1) is 0 Å². The Morgan fingerprint density at radius 3 is 2.34 bits per heavy atom. The van der Waals surface area contributed by atoms with E-state index in [0.29, 0.717) is 16.3 Å². The molecule has 5 nitrogen and oxygen atoms in total. The molecule has 2 aromatic rings. The van der Waals surface area contributed by atoms with Crippen LogP contribution in [-0.4, -0.2) is 35.7 Å². The fourth-order valence-electron chi connectivity index (χ4n) is 4.24. The van der Waals surface area contributed by atoms with Crippen molar-refractivity contribution in [3.8, 4) is 5.75 Å². The molecule has 7 heteroatoms. The minimum absolute atomic E-state index is 0.110. The van der Waals surface area contributed by atoms with Crippen molar-refractivity contribution < 1.29 is 14.3 Å². The molecule has 32 heavy (non-hydrogen) atoms. The number of nitrogens with one attached hydrogen (secondary N) is 1. The summed E-state index contributed by atoms with van der Waals surface area (Å²) in [6, 6.07) is 13.8. The van der Waals surface area contributed by atoms with Crippen LogP contribution in [0.1, 0.15) is 55.7 Å². The molecule has 0 aromatic heterocycles. The van der Waals surface area contributed by atoms with E-state index in [2.05, 4.69) is 5.32 Å². The van der Waals surface area contributed by atoms with E-state index in [9.17, 15) is 9.59 Å². The Labute approximate surface area is 200 Å². The van der Waals surface area contributed by atoms with Crippen molar-refractivity contribution in [3.63, 3.8) is 0 Å². The summed E-state index contributed by atoms with van der Waals surface area (Å²) in [4.78, 5) is 28.1. The van der Waals surface area contributed by atoms with Crippen LogP contribution in [0.3, 0.4) is 0 Å². The van der Waals surface area contributed by atoms with Gasteiger partial charge >= 0.3 is 0 Å².